The van der Waals surface area contributed by atoms with Crippen LogP contribution in [0, 0.1) is 5.92 Å². The lowest BCUT2D eigenvalue weighted by Crippen LogP contribution is -2.33. The molecule has 1 saturated heterocycles. The summed E-state index contributed by atoms with van der Waals surface area (Å²) in [5.41, 5.74) is 1.03. The average Bonchev–Trinajstić information content (AvgIpc) is 2.42. The molecule has 4 heteroatoms. The van der Waals surface area contributed by atoms with Crippen LogP contribution in [0.2, 0.25) is 5.02 Å². The molecule has 0 bridgehead atoms. The zero-order valence-corrected chi connectivity index (χ0v) is 11.1. The van der Waals surface area contributed by atoms with Gasteiger partial charge in [-0.05, 0) is 37.6 Å². The smallest absolute Gasteiger partial charge is 0.309 e. The number of piperidine rings is 1. The first-order chi connectivity index (χ1) is 8.77. The van der Waals surface area contributed by atoms with E-state index in [2.05, 4.69) is 5.32 Å². The lowest BCUT2D eigenvalue weighted by molar-refractivity contribution is -0.149. The second-order valence-corrected chi connectivity index (χ2v) is 4.94. The van der Waals surface area contributed by atoms with Crippen LogP contribution in [0.3, 0.4) is 0 Å². The third kappa shape index (κ3) is 3.72. The van der Waals surface area contributed by atoms with Crippen LogP contribution in [-0.2, 0) is 16.0 Å². The molecule has 0 aromatic heterocycles. The van der Waals surface area contributed by atoms with Crippen LogP contribution >= 0.6 is 11.6 Å². The van der Waals surface area contributed by atoms with E-state index in [4.69, 9.17) is 16.3 Å². The van der Waals surface area contributed by atoms with Crippen LogP contribution in [-0.4, -0.2) is 25.7 Å². The summed E-state index contributed by atoms with van der Waals surface area (Å²) in [7, 11) is 0. The summed E-state index contributed by atoms with van der Waals surface area (Å²) < 4.78 is 5.32. The molecule has 1 heterocycles. The fourth-order valence-corrected chi connectivity index (χ4v) is 2.37. The molecule has 0 spiro atoms. The Morgan fingerprint density at radius 1 is 1.33 bits per heavy atom. The number of ether oxygens (including phenoxy) is 1. The Kier molecular flexibility index (Phi) is 5.02. The van der Waals surface area contributed by atoms with Crippen LogP contribution in [0.15, 0.2) is 24.3 Å². The Balaban J connectivity index is 1.75. The van der Waals surface area contributed by atoms with Crippen molar-refractivity contribution in [2.45, 2.75) is 19.3 Å². The minimum absolute atomic E-state index is 0.0662. The van der Waals surface area contributed by atoms with Gasteiger partial charge in [-0.15, -0.1) is 0 Å². The number of benzene rings is 1. The molecule has 0 amide bonds. The van der Waals surface area contributed by atoms with Crippen LogP contribution < -0.4 is 5.32 Å². The highest BCUT2D eigenvalue weighted by molar-refractivity contribution is 6.31. The average molecular weight is 268 g/mol. The van der Waals surface area contributed by atoms with Crippen molar-refractivity contribution in [1.29, 1.82) is 0 Å². The predicted molar refractivity (Wildman–Crippen MR) is 71.7 cm³/mol. The summed E-state index contributed by atoms with van der Waals surface area (Å²) in [6, 6.07) is 7.65. The zero-order valence-electron chi connectivity index (χ0n) is 10.3. The third-order valence-corrected chi connectivity index (χ3v) is 3.61. The van der Waals surface area contributed by atoms with E-state index in [9.17, 15) is 4.79 Å². The largest absolute Gasteiger partial charge is 0.465 e. The lowest BCUT2D eigenvalue weighted by Gasteiger charge is -2.20. The highest BCUT2D eigenvalue weighted by Crippen LogP contribution is 2.17. The van der Waals surface area contributed by atoms with Crippen LogP contribution in [0.4, 0.5) is 0 Å². The summed E-state index contributed by atoms with van der Waals surface area (Å²) in [5, 5.41) is 3.97. The molecule has 18 heavy (non-hydrogen) atoms. The molecule has 1 N–H and O–H groups in total. The summed E-state index contributed by atoms with van der Waals surface area (Å²) >= 11 is 6.04. The first-order valence-electron chi connectivity index (χ1n) is 6.38. The minimum Gasteiger partial charge on any atom is -0.465 e. The Hall–Kier alpha value is -1.06. The van der Waals surface area contributed by atoms with Gasteiger partial charge < -0.3 is 10.1 Å². The maximum absolute atomic E-state index is 11.8. The van der Waals surface area contributed by atoms with Crippen LogP contribution in [0.25, 0.3) is 0 Å². The second-order valence-electron chi connectivity index (χ2n) is 4.53. The van der Waals surface area contributed by atoms with Gasteiger partial charge in [0, 0.05) is 11.4 Å². The van der Waals surface area contributed by atoms with Crippen molar-refractivity contribution >= 4 is 17.6 Å². The molecular formula is C14H18ClNO2. The third-order valence-electron chi connectivity index (χ3n) is 3.25. The van der Waals surface area contributed by atoms with Crippen molar-refractivity contribution in [3.63, 3.8) is 0 Å². The SMILES string of the molecule is O=C(OCCc1ccccc1Cl)C1CCNCC1. The molecule has 98 valence electrons. The fourth-order valence-electron chi connectivity index (χ4n) is 2.14. The topological polar surface area (TPSA) is 38.3 Å². The van der Waals surface area contributed by atoms with Gasteiger partial charge in [0.2, 0.25) is 0 Å². The van der Waals surface area contributed by atoms with Gasteiger partial charge >= 0.3 is 5.97 Å². The molecule has 1 aromatic rings. The van der Waals surface area contributed by atoms with Crippen molar-refractivity contribution in [3.8, 4) is 0 Å². The molecule has 0 atom stereocenters. The fraction of sp³-hybridized carbons (Fsp3) is 0.500. The predicted octanol–water partition coefficient (Wildman–Crippen LogP) is 2.43. The van der Waals surface area contributed by atoms with Gasteiger partial charge in [0.25, 0.3) is 0 Å². The Labute approximate surface area is 112 Å². The minimum atomic E-state index is -0.0662. The zero-order chi connectivity index (χ0) is 12.8. The van der Waals surface area contributed by atoms with E-state index in [1.807, 2.05) is 24.3 Å². The summed E-state index contributed by atoms with van der Waals surface area (Å²) in [5.74, 6) is 0.000971. The molecule has 1 aromatic carbocycles. The van der Waals surface area contributed by atoms with Gasteiger partial charge in [0.05, 0.1) is 12.5 Å². The molecule has 1 fully saturated rings. The number of esters is 1. The standard InChI is InChI=1S/C14H18ClNO2/c15-13-4-2-1-3-11(13)7-10-18-14(17)12-5-8-16-9-6-12/h1-4,12,16H,5-10H2. The second kappa shape index (κ2) is 6.76. The van der Waals surface area contributed by atoms with Gasteiger partial charge in [0.1, 0.15) is 0 Å². The Morgan fingerprint density at radius 3 is 2.78 bits per heavy atom. The molecule has 0 radical (unpaired) electrons. The normalized spacial score (nSPS) is 16.5. The molecule has 2 rings (SSSR count). The molecule has 3 nitrogen and oxygen atoms in total. The first-order valence-corrected chi connectivity index (χ1v) is 6.76. The first kappa shape index (κ1) is 13.4. The molecule has 1 aliphatic heterocycles. The van der Waals surface area contributed by atoms with E-state index in [1.54, 1.807) is 0 Å². The lowest BCUT2D eigenvalue weighted by atomic mass is 9.98. The van der Waals surface area contributed by atoms with Crippen molar-refractivity contribution in [2.75, 3.05) is 19.7 Å². The van der Waals surface area contributed by atoms with Crippen molar-refractivity contribution < 1.29 is 9.53 Å². The van der Waals surface area contributed by atoms with E-state index < -0.39 is 0 Å². The number of halogens is 1. The molecule has 0 saturated carbocycles. The van der Waals surface area contributed by atoms with E-state index in [1.165, 1.54) is 0 Å². The number of nitrogens with one attached hydrogen (secondary N) is 1. The van der Waals surface area contributed by atoms with E-state index in [-0.39, 0.29) is 11.9 Å². The van der Waals surface area contributed by atoms with Crippen molar-refractivity contribution in [1.82, 2.24) is 5.32 Å². The maximum atomic E-state index is 11.8. The summed E-state index contributed by atoms with van der Waals surface area (Å²) in [6.07, 6.45) is 2.44. The monoisotopic (exact) mass is 267 g/mol. The molecule has 0 unspecified atom stereocenters. The maximum Gasteiger partial charge on any atom is 0.309 e. The van der Waals surface area contributed by atoms with Gasteiger partial charge in [-0.25, -0.2) is 0 Å². The molecule has 1 aliphatic rings. The van der Waals surface area contributed by atoms with Crippen molar-refractivity contribution in [2.24, 2.45) is 5.92 Å². The quantitative estimate of drug-likeness (QED) is 0.852. The summed E-state index contributed by atoms with van der Waals surface area (Å²) in [6.45, 7) is 2.22. The Morgan fingerprint density at radius 2 is 2.06 bits per heavy atom. The van der Waals surface area contributed by atoms with Crippen LogP contribution in [0.1, 0.15) is 18.4 Å². The number of hydrogen-bond donors (Lipinski definition) is 1. The van der Waals surface area contributed by atoms with E-state index in [0.29, 0.717) is 13.0 Å². The van der Waals surface area contributed by atoms with E-state index in [0.717, 1.165) is 36.5 Å². The van der Waals surface area contributed by atoms with E-state index >= 15 is 0 Å². The van der Waals surface area contributed by atoms with Crippen molar-refractivity contribution in [3.05, 3.63) is 34.9 Å². The number of rotatable bonds is 4. The molecule has 0 aliphatic carbocycles. The number of hydrogen-bond acceptors (Lipinski definition) is 3. The van der Waals surface area contributed by atoms with Gasteiger partial charge in [-0.2, -0.15) is 0 Å². The highest BCUT2D eigenvalue weighted by atomic mass is 35.5. The number of carbonyl (C=O) groups is 1. The van der Waals surface area contributed by atoms with Gasteiger partial charge in [-0.3, -0.25) is 4.79 Å². The van der Waals surface area contributed by atoms with Gasteiger partial charge in [0.15, 0.2) is 0 Å². The Bertz CT molecular complexity index is 403. The molecular weight excluding hydrogens is 250 g/mol. The highest BCUT2D eigenvalue weighted by Gasteiger charge is 2.21. The van der Waals surface area contributed by atoms with Gasteiger partial charge in [-0.1, -0.05) is 29.8 Å². The number of carbonyl (C=O) groups excluding carboxylic acids is 1. The summed E-state index contributed by atoms with van der Waals surface area (Å²) in [4.78, 5) is 11.8. The van der Waals surface area contributed by atoms with Crippen LogP contribution in [0.5, 0.6) is 0 Å².